The van der Waals surface area contributed by atoms with Crippen LogP contribution in [0.1, 0.15) is 66.8 Å². The van der Waals surface area contributed by atoms with E-state index in [1.165, 1.54) is 55.8 Å². The highest BCUT2D eigenvalue weighted by Crippen LogP contribution is 2.52. The lowest BCUT2D eigenvalue weighted by atomic mass is 9.82. The number of rotatable bonds is 7. The van der Waals surface area contributed by atoms with Crippen LogP contribution in [0.25, 0.3) is 44.9 Å². The van der Waals surface area contributed by atoms with Gasteiger partial charge >= 0.3 is 0 Å². The summed E-state index contributed by atoms with van der Waals surface area (Å²) in [5.74, 6) is 0.994. The number of anilines is 5. The van der Waals surface area contributed by atoms with Crippen molar-refractivity contribution in [1.29, 1.82) is 0 Å². The Morgan fingerprint density at radius 1 is 0.581 bits per heavy atom. The zero-order valence-corrected chi connectivity index (χ0v) is 35.4. The maximum Gasteiger partial charge on any atom is 0.135 e. The molecular weight excluding hydrogens is 753 g/mol. The van der Waals surface area contributed by atoms with Crippen LogP contribution in [0.15, 0.2) is 205 Å². The number of furan rings is 1. The van der Waals surface area contributed by atoms with E-state index in [9.17, 15) is 0 Å². The van der Waals surface area contributed by atoms with E-state index in [0.717, 1.165) is 57.9 Å². The van der Waals surface area contributed by atoms with E-state index in [0.29, 0.717) is 0 Å². The Labute approximate surface area is 364 Å². The van der Waals surface area contributed by atoms with Crippen LogP contribution in [0.4, 0.5) is 28.4 Å². The van der Waals surface area contributed by atoms with Gasteiger partial charge in [0.15, 0.2) is 0 Å². The third kappa shape index (κ3) is 6.27. The van der Waals surface area contributed by atoms with Crippen LogP contribution in [-0.2, 0) is 11.8 Å². The molecule has 1 aliphatic carbocycles. The summed E-state index contributed by atoms with van der Waals surface area (Å²) in [4.78, 5) is 4.94. The lowest BCUT2D eigenvalue weighted by molar-refractivity contribution is 0.482. The number of para-hydroxylation sites is 4. The molecule has 1 atom stereocenters. The van der Waals surface area contributed by atoms with Crippen LogP contribution in [0.5, 0.6) is 0 Å². The quantitative estimate of drug-likeness (QED) is 0.160. The Bertz CT molecular complexity index is 3120. The molecule has 3 heteroatoms. The van der Waals surface area contributed by atoms with E-state index in [1.807, 2.05) is 0 Å². The molecule has 300 valence electrons. The highest BCUT2D eigenvalue weighted by atomic mass is 16.3. The fourth-order valence-electron chi connectivity index (χ4n) is 10.2. The normalized spacial score (nSPS) is 15.9. The predicted octanol–water partition coefficient (Wildman–Crippen LogP) is 16.3. The van der Waals surface area contributed by atoms with Crippen molar-refractivity contribution >= 4 is 51.1 Å². The first-order valence-corrected chi connectivity index (χ1v) is 21.9. The molecule has 8 aromatic carbocycles. The van der Waals surface area contributed by atoms with Crippen molar-refractivity contribution in [2.45, 2.75) is 45.1 Å². The summed E-state index contributed by atoms with van der Waals surface area (Å²) in [5.41, 5.74) is 19.1. The van der Waals surface area contributed by atoms with E-state index in [1.54, 1.807) is 0 Å². The van der Waals surface area contributed by atoms with Gasteiger partial charge in [-0.1, -0.05) is 166 Å². The minimum atomic E-state index is -0.126. The highest BCUT2D eigenvalue weighted by molar-refractivity contribution is 5.97. The third-order valence-corrected chi connectivity index (χ3v) is 13.2. The van der Waals surface area contributed by atoms with Crippen LogP contribution in [-0.4, -0.2) is 0 Å². The van der Waals surface area contributed by atoms with Gasteiger partial charge in [0.2, 0.25) is 0 Å². The first-order chi connectivity index (χ1) is 30.5. The van der Waals surface area contributed by atoms with Crippen molar-refractivity contribution in [3.63, 3.8) is 0 Å². The lowest BCUT2D eigenvalue weighted by Gasteiger charge is -2.33. The summed E-state index contributed by atoms with van der Waals surface area (Å²) in [6.07, 6.45) is 4.04. The predicted molar refractivity (Wildman–Crippen MR) is 260 cm³/mol. The fourth-order valence-corrected chi connectivity index (χ4v) is 10.2. The van der Waals surface area contributed by atoms with Crippen molar-refractivity contribution in [1.82, 2.24) is 0 Å². The molecule has 0 N–H and O–H groups in total. The van der Waals surface area contributed by atoms with Gasteiger partial charge in [0.25, 0.3) is 0 Å². The SMILES string of the molecule is CCC1c2oc3ccccc3c2/C=C(/c2ccc(N(c3ccc4c(c3)C(C)(C)c3ccccc3-4)c3ccccc3-c3ccccc3)cc2)Cc2ccccc2N1c1ccccc1. The van der Waals surface area contributed by atoms with Gasteiger partial charge in [0, 0.05) is 51.1 Å². The molecule has 0 saturated carbocycles. The first kappa shape index (κ1) is 37.6. The Kier molecular flexibility index (Phi) is 9.27. The average molecular weight is 801 g/mol. The summed E-state index contributed by atoms with van der Waals surface area (Å²) in [6, 6.07) is 73.0. The summed E-state index contributed by atoms with van der Waals surface area (Å²) in [5, 5.41) is 1.14. The zero-order chi connectivity index (χ0) is 41.8. The number of nitrogens with zero attached hydrogens (tertiary/aromatic N) is 2. The molecule has 0 bridgehead atoms. The van der Waals surface area contributed by atoms with Gasteiger partial charge in [0.1, 0.15) is 11.3 Å². The summed E-state index contributed by atoms with van der Waals surface area (Å²) in [7, 11) is 0. The van der Waals surface area contributed by atoms with Gasteiger partial charge in [-0.15, -0.1) is 0 Å². The van der Waals surface area contributed by atoms with E-state index < -0.39 is 0 Å². The minimum Gasteiger partial charge on any atom is -0.458 e. The third-order valence-electron chi connectivity index (χ3n) is 13.2. The molecule has 62 heavy (non-hydrogen) atoms. The summed E-state index contributed by atoms with van der Waals surface area (Å²) >= 11 is 0. The average Bonchev–Trinajstić information content (AvgIpc) is 3.81. The van der Waals surface area contributed by atoms with Gasteiger partial charge in [-0.05, 0) is 112 Å². The van der Waals surface area contributed by atoms with Crippen LogP contribution >= 0.6 is 0 Å². The van der Waals surface area contributed by atoms with E-state index in [4.69, 9.17) is 4.42 Å². The van der Waals surface area contributed by atoms with Crippen LogP contribution in [0.3, 0.4) is 0 Å². The van der Waals surface area contributed by atoms with Gasteiger partial charge in [-0.2, -0.15) is 0 Å². The topological polar surface area (TPSA) is 19.6 Å². The second-order valence-electron chi connectivity index (χ2n) is 17.1. The molecule has 1 aromatic heterocycles. The van der Waals surface area contributed by atoms with E-state index in [-0.39, 0.29) is 11.5 Å². The van der Waals surface area contributed by atoms with Crippen molar-refractivity contribution in [3.8, 4) is 22.3 Å². The molecule has 0 spiro atoms. The van der Waals surface area contributed by atoms with E-state index >= 15 is 0 Å². The molecule has 9 aromatic rings. The Balaban J connectivity index is 1.08. The van der Waals surface area contributed by atoms with Gasteiger partial charge in [-0.3, -0.25) is 0 Å². The lowest BCUT2D eigenvalue weighted by Crippen LogP contribution is -2.24. The smallest absolute Gasteiger partial charge is 0.135 e. The molecular formula is C59H48N2O. The summed E-state index contributed by atoms with van der Waals surface area (Å²) in [6.45, 7) is 6.99. The number of fused-ring (bicyclic) bond motifs is 7. The maximum atomic E-state index is 6.91. The van der Waals surface area contributed by atoms with Crippen molar-refractivity contribution < 1.29 is 4.42 Å². The first-order valence-electron chi connectivity index (χ1n) is 21.9. The highest BCUT2D eigenvalue weighted by Gasteiger charge is 2.36. The molecule has 2 aliphatic rings. The van der Waals surface area contributed by atoms with Gasteiger partial charge < -0.3 is 14.2 Å². The van der Waals surface area contributed by atoms with Crippen molar-refractivity contribution in [3.05, 3.63) is 234 Å². The number of allylic oxidation sites excluding steroid dienone is 1. The minimum absolute atomic E-state index is 0.0118. The van der Waals surface area contributed by atoms with Crippen LogP contribution in [0.2, 0.25) is 0 Å². The molecule has 2 heterocycles. The van der Waals surface area contributed by atoms with Crippen LogP contribution in [0, 0.1) is 0 Å². The molecule has 1 aliphatic heterocycles. The van der Waals surface area contributed by atoms with Gasteiger partial charge in [-0.25, -0.2) is 0 Å². The van der Waals surface area contributed by atoms with Gasteiger partial charge in [0.05, 0.1) is 11.7 Å². The van der Waals surface area contributed by atoms with Crippen molar-refractivity contribution in [2.75, 3.05) is 9.80 Å². The largest absolute Gasteiger partial charge is 0.458 e. The van der Waals surface area contributed by atoms with Crippen molar-refractivity contribution in [2.24, 2.45) is 0 Å². The van der Waals surface area contributed by atoms with Crippen LogP contribution < -0.4 is 9.80 Å². The zero-order valence-electron chi connectivity index (χ0n) is 35.4. The molecule has 3 nitrogen and oxygen atoms in total. The molecule has 11 rings (SSSR count). The second kappa shape index (κ2) is 15.3. The molecule has 1 unspecified atom stereocenters. The molecule has 0 saturated heterocycles. The molecule has 0 amide bonds. The Morgan fingerprint density at radius 3 is 2.03 bits per heavy atom. The molecule has 0 fully saturated rings. The fraction of sp³-hybridized carbons (Fsp3) is 0.119. The Hall–Kier alpha value is -7.36. The maximum absolute atomic E-state index is 6.91. The number of benzene rings is 8. The molecule has 0 radical (unpaired) electrons. The number of hydrogen-bond acceptors (Lipinski definition) is 3. The summed E-state index contributed by atoms with van der Waals surface area (Å²) < 4.78 is 6.91. The second-order valence-corrected chi connectivity index (χ2v) is 17.1. The standard InChI is InChI=1S/C59H48N2O/c1-4-54-58-51(50-26-14-18-30-57(50)62-58)38-43(37-42-21-11-16-28-55(42)61(54)44-22-9-6-10-23-44)40-31-33-45(34-32-40)60(56-29-17-13-24-47(56)41-19-7-5-8-20-41)46-35-36-49-48-25-12-15-27-52(48)59(2,3)53(49)39-46/h5-36,38-39,54H,4,37H2,1-3H3/b43-38+. The number of hydrogen-bond donors (Lipinski definition) is 0. The monoisotopic (exact) mass is 800 g/mol. The van der Waals surface area contributed by atoms with E-state index in [2.05, 4.69) is 237 Å². The Morgan fingerprint density at radius 2 is 1.23 bits per heavy atom.